The SMILES string of the molecule is CC(C)N1CC(n2nc(N)c3c2CNCC3)C1. The van der Waals surface area contributed by atoms with Gasteiger partial charge in [-0.1, -0.05) is 0 Å². The first-order valence-corrected chi connectivity index (χ1v) is 6.47. The zero-order valence-electron chi connectivity index (χ0n) is 10.6. The van der Waals surface area contributed by atoms with Crippen molar-refractivity contribution in [3.63, 3.8) is 0 Å². The number of anilines is 1. The zero-order valence-corrected chi connectivity index (χ0v) is 10.6. The Hall–Kier alpha value is -1.07. The highest BCUT2D eigenvalue weighted by molar-refractivity contribution is 5.44. The predicted molar refractivity (Wildman–Crippen MR) is 67.8 cm³/mol. The van der Waals surface area contributed by atoms with Gasteiger partial charge in [0.15, 0.2) is 0 Å². The van der Waals surface area contributed by atoms with Crippen LogP contribution >= 0.6 is 0 Å². The molecule has 17 heavy (non-hydrogen) atoms. The fraction of sp³-hybridized carbons (Fsp3) is 0.750. The van der Waals surface area contributed by atoms with Crippen LogP contribution in [-0.2, 0) is 13.0 Å². The molecule has 0 bridgehead atoms. The monoisotopic (exact) mass is 235 g/mol. The van der Waals surface area contributed by atoms with Gasteiger partial charge in [-0.3, -0.25) is 9.58 Å². The van der Waals surface area contributed by atoms with Crippen LogP contribution in [0, 0.1) is 0 Å². The Morgan fingerprint density at radius 3 is 2.88 bits per heavy atom. The Morgan fingerprint density at radius 1 is 1.41 bits per heavy atom. The molecule has 3 heterocycles. The summed E-state index contributed by atoms with van der Waals surface area (Å²) in [6.07, 6.45) is 1.02. The lowest BCUT2D eigenvalue weighted by atomic mass is 10.0. The maximum absolute atomic E-state index is 6.00. The lowest BCUT2D eigenvalue weighted by Crippen LogP contribution is -2.51. The summed E-state index contributed by atoms with van der Waals surface area (Å²) in [5.74, 6) is 0.740. The third kappa shape index (κ3) is 1.73. The first kappa shape index (κ1) is 11.0. The fourth-order valence-electron chi connectivity index (χ4n) is 2.77. The van der Waals surface area contributed by atoms with Gasteiger partial charge >= 0.3 is 0 Å². The Bertz CT molecular complexity index is 417. The molecule has 0 amide bonds. The molecule has 94 valence electrons. The molecule has 0 radical (unpaired) electrons. The van der Waals surface area contributed by atoms with Crippen molar-refractivity contribution in [3.8, 4) is 0 Å². The molecule has 0 aromatic carbocycles. The summed E-state index contributed by atoms with van der Waals surface area (Å²) in [5, 5.41) is 7.94. The van der Waals surface area contributed by atoms with Gasteiger partial charge in [0, 0.05) is 31.2 Å². The minimum Gasteiger partial charge on any atom is -0.382 e. The smallest absolute Gasteiger partial charge is 0.149 e. The molecule has 1 aromatic rings. The molecule has 1 aromatic heterocycles. The summed E-state index contributed by atoms with van der Waals surface area (Å²) in [7, 11) is 0. The van der Waals surface area contributed by atoms with Crippen LogP contribution in [0.15, 0.2) is 0 Å². The summed E-state index contributed by atoms with van der Waals surface area (Å²) < 4.78 is 2.16. The average molecular weight is 235 g/mol. The Morgan fingerprint density at radius 2 is 2.18 bits per heavy atom. The van der Waals surface area contributed by atoms with E-state index < -0.39 is 0 Å². The number of nitrogens with two attached hydrogens (primary N) is 1. The largest absolute Gasteiger partial charge is 0.382 e. The molecule has 3 N–H and O–H groups in total. The van der Waals surface area contributed by atoms with Crippen molar-refractivity contribution in [2.24, 2.45) is 0 Å². The van der Waals surface area contributed by atoms with Gasteiger partial charge in [0.05, 0.1) is 11.7 Å². The van der Waals surface area contributed by atoms with E-state index in [1.165, 1.54) is 11.3 Å². The number of likely N-dealkylation sites (tertiary alicyclic amines) is 1. The van der Waals surface area contributed by atoms with Crippen LogP contribution in [0.2, 0.25) is 0 Å². The lowest BCUT2D eigenvalue weighted by molar-refractivity contribution is 0.0656. The molecule has 2 aliphatic heterocycles. The highest BCUT2D eigenvalue weighted by Gasteiger charge is 2.33. The molecular formula is C12H21N5. The third-order valence-corrected chi connectivity index (χ3v) is 3.96. The van der Waals surface area contributed by atoms with Crippen LogP contribution in [0.25, 0.3) is 0 Å². The number of nitrogens with zero attached hydrogens (tertiary/aromatic N) is 3. The second-order valence-electron chi connectivity index (χ2n) is 5.38. The molecule has 5 nitrogen and oxygen atoms in total. The number of fused-ring (bicyclic) bond motifs is 1. The fourth-order valence-corrected chi connectivity index (χ4v) is 2.77. The number of rotatable bonds is 2. The number of hydrogen-bond donors (Lipinski definition) is 2. The van der Waals surface area contributed by atoms with E-state index in [1.54, 1.807) is 0 Å². The van der Waals surface area contributed by atoms with Crippen LogP contribution in [0.5, 0.6) is 0 Å². The van der Waals surface area contributed by atoms with Gasteiger partial charge in [-0.2, -0.15) is 5.10 Å². The van der Waals surface area contributed by atoms with E-state index in [1.807, 2.05) is 0 Å². The van der Waals surface area contributed by atoms with Crippen LogP contribution in [-0.4, -0.2) is 40.4 Å². The van der Waals surface area contributed by atoms with Crippen LogP contribution in [0.4, 0.5) is 5.82 Å². The summed E-state index contributed by atoms with van der Waals surface area (Å²) in [5.41, 5.74) is 8.58. The molecule has 0 aliphatic carbocycles. The van der Waals surface area contributed by atoms with Crippen molar-refractivity contribution in [1.82, 2.24) is 20.0 Å². The van der Waals surface area contributed by atoms with E-state index in [2.05, 4.69) is 33.8 Å². The van der Waals surface area contributed by atoms with Gasteiger partial charge in [0.25, 0.3) is 0 Å². The van der Waals surface area contributed by atoms with E-state index in [4.69, 9.17) is 5.73 Å². The Balaban J connectivity index is 1.81. The minimum atomic E-state index is 0.517. The molecule has 0 spiro atoms. The van der Waals surface area contributed by atoms with Crippen LogP contribution < -0.4 is 11.1 Å². The quantitative estimate of drug-likeness (QED) is 0.778. The summed E-state index contributed by atoms with van der Waals surface area (Å²) in [6, 6.07) is 1.15. The normalized spacial score (nSPS) is 21.6. The van der Waals surface area contributed by atoms with E-state index >= 15 is 0 Å². The molecule has 2 aliphatic rings. The number of aromatic nitrogens is 2. The van der Waals surface area contributed by atoms with Crippen LogP contribution in [0.1, 0.15) is 31.1 Å². The van der Waals surface area contributed by atoms with Gasteiger partial charge in [0.1, 0.15) is 5.82 Å². The van der Waals surface area contributed by atoms with E-state index in [-0.39, 0.29) is 0 Å². The molecule has 5 heteroatoms. The van der Waals surface area contributed by atoms with Crippen molar-refractivity contribution in [2.45, 2.75) is 38.9 Å². The molecule has 3 rings (SSSR count). The maximum Gasteiger partial charge on any atom is 0.149 e. The minimum absolute atomic E-state index is 0.517. The van der Waals surface area contributed by atoms with Gasteiger partial charge in [-0.25, -0.2) is 0 Å². The van der Waals surface area contributed by atoms with E-state index in [9.17, 15) is 0 Å². The summed E-state index contributed by atoms with van der Waals surface area (Å²) >= 11 is 0. The number of hydrogen-bond acceptors (Lipinski definition) is 4. The molecule has 1 saturated heterocycles. The highest BCUT2D eigenvalue weighted by atomic mass is 15.4. The van der Waals surface area contributed by atoms with Gasteiger partial charge < -0.3 is 11.1 Å². The first-order valence-electron chi connectivity index (χ1n) is 6.47. The predicted octanol–water partition coefficient (Wildman–Crippen LogP) is 0.376. The average Bonchev–Trinajstić information content (AvgIpc) is 2.55. The zero-order chi connectivity index (χ0) is 12.0. The third-order valence-electron chi connectivity index (χ3n) is 3.96. The molecule has 0 unspecified atom stereocenters. The summed E-state index contributed by atoms with van der Waals surface area (Å²) in [4.78, 5) is 2.46. The Labute approximate surface area is 102 Å². The lowest BCUT2D eigenvalue weighted by Gasteiger charge is -2.42. The van der Waals surface area contributed by atoms with Gasteiger partial charge in [-0.15, -0.1) is 0 Å². The van der Waals surface area contributed by atoms with E-state index in [0.717, 1.165) is 38.4 Å². The number of nitrogen functional groups attached to an aromatic ring is 1. The summed E-state index contributed by atoms with van der Waals surface area (Å²) in [6.45, 7) is 8.62. The van der Waals surface area contributed by atoms with Gasteiger partial charge in [-0.05, 0) is 26.8 Å². The maximum atomic E-state index is 6.00. The molecule has 0 saturated carbocycles. The molecule has 1 fully saturated rings. The van der Waals surface area contributed by atoms with Crippen molar-refractivity contribution < 1.29 is 0 Å². The van der Waals surface area contributed by atoms with Crippen molar-refractivity contribution in [3.05, 3.63) is 11.3 Å². The van der Waals surface area contributed by atoms with Crippen LogP contribution in [0.3, 0.4) is 0 Å². The second kappa shape index (κ2) is 3.99. The Kier molecular flexibility index (Phi) is 2.60. The number of nitrogens with one attached hydrogen (secondary N) is 1. The molecule has 0 atom stereocenters. The van der Waals surface area contributed by atoms with Crippen molar-refractivity contribution in [1.29, 1.82) is 0 Å². The van der Waals surface area contributed by atoms with E-state index in [0.29, 0.717) is 12.1 Å². The highest BCUT2D eigenvalue weighted by Crippen LogP contribution is 2.29. The first-order chi connectivity index (χ1) is 8.16. The van der Waals surface area contributed by atoms with Crippen molar-refractivity contribution in [2.75, 3.05) is 25.4 Å². The topological polar surface area (TPSA) is 59.1 Å². The molecular weight excluding hydrogens is 214 g/mol. The standard InChI is InChI=1S/C12H21N5/c1-8(2)16-6-9(7-16)17-11-5-14-4-3-10(11)12(13)15-17/h8-9,14H,3-7H2,1-2H3,(H2,13,15). The van der Waals surface area contributed by atoms with Crippen molar-refractivity contribution >= 4 is 5.82 Å². The second-order valence-corrected chi connectivity index (χ2v) is 5.38. The van der Waals surface area contributed by atoms with Gasteiger partial charge in [0.2, 0.25) is 0 Å².